The maximum atomic E-state index is 6.17. The van der Waals surface area contributed by atoms with E-state index in [9.17, 15) is 0 Å². The van der Waals surface area contributed by atoms with Crippen molar-refractivity contribution in [2.75, 3.05) is 19.4 Å². The van der Waals surface area contributed by atoms with Gasteiger partial charge in [0.05, 0.1) is 11.9 Å². The van der Waals surface area contributed by atoms with E-state index < -0.39 is 0 Å². The lowest BCUT2D eigenvalue weighted by molar-refractivity contribution is 0.311. The summed E-state index contributed by atoms with van der Waals surface area (Å²) >= 11 is 1.68. The summed E-state index contributed by atoms with van der Waals surface area (Å²) in [5.41, 5.74) is 8.56. The van der Waals surface area contributed by atoms with Gasteiger partial charge in [-0.3, -0.25) is 4.90 Å². The number of nitrogens with zero attached hydrogens (tertiary/aromatic N) is 3. The number of aryl methyl sites for hydroxylation is 2. The lowest BCUT2D eigenvalue weighted by atomic mass is 10.2. The van der Waals surface area contributed by atoms with Crippen molar-refractivity contribution in [3.63, 3.8) is 0 Å². The fraction of sp³-hybridized carbons (Fsp3) is 0.300. The first-order chi connectivity index (χ1) is 12.5. The summed E-state index contributed by atoms with van der Waals surface area (Å²) in [6, 6.07) is 8.09. The third kappa shape index (κ3) is 4.03. The Morgan fingerprint density at radius 2 is 1.92 bits per heavy atom. The molecule has 0 bridgehead atoms. The van der Waals surface area contributed by atoms with Crippen LogP contribution in [0.15, 0.2) is 36.9 Å². The van der Waals surface area contributed by atoms with Crippen LogP contribution < -0.4 is 10.5 Å². The van der Waals surface area contributed by atoms with Gasteiger partial charge < -0.3 is 10.5 Å². The molecule has 136 valence electrons. The molecule has 0 aliphatic carbocycles. The molecule has 5 nitrogen and oxygen atoms in total. The third-order valence-corrected chi connectivity index (χ3v) is 5.36. The van der Waals surface area contributed by atoms with Gasteiger partial charge in [-0.15, -0.1) is 11.3 Å². The van der Waals surface area contributed by atoms with Gasteiger partial charge in [-0.1, -0.05) is 24.8 Å². The number of fused-ring (bicyclic) bond motifs is 1. The predicted octanol–water partition coefficient (Wildman–Crippen LogP) is 4.09. The minimum absolute atomic E-state index is 0.516. The highest BCUT2D eigenvalue weighted by Gasteiger charge is 2.13. The van der Waals surface area contributed by atoms with Crippen molar-refractivity contribution in [3.8, 4) is 5.75 Å². The summed E-state index contributed by atoms with van der Waals surface area (Å²) in [7, 11) is 2.05. The quantitative estimate of drug-likeness (QED) is 0.637. The number of nitrogen functional groups attached to an aromatic ring is 1. The van der Waals surface area contributed by atoms with Crippen LogP contribution in [-0.4, -0.2) is 28.5 Å². The van der Waals surface area contributed by atoms with Crippen LogP contribution in [0.25, 0.3) is 10.2 Å². The number of ether oxygens (including phenoxy) is 1. The number of hydrogen-bond donors (Lipinski definition) is 1. The molecule has 2 heterocycles. The highest BCUT2D eigenvalue weighted by Crippen LogP contribution is 2.31. The summed E-state index contributed by atoms with van der Waals surface area (Å²) < 4.78 is 5.51. The topological polar surface area (TPSA) is 64.3 Å². The second-order valence-corrected chi connectivity index (χ2v) is 7.61. The van der Waals surface area contributed by atoms with E-state index >= 15 is 0 Å². The lowest BCUT2D eigenvalue weighted by Crippen LogP contribution is -2.19. The molecular weight excluding hydrogens is 344 g/mol. The Kier molecular flexibility index (Phi) is 5.54. The largest absolute Gasteiger partial charge is 0.490 e. The highest BCUT2D eigenvalue weighted by molar-refractivity contribution is 7.18. The van der Waals surface area contributed by atoms with E-state index in [0.29, 0.717) is 19.0 Å². The van der Waals surface area contributed by atoms with Crippen molar-refractivity contribution in [3.05, 3.63) is 58.7 Å². The minimum Gasteiger partial charge on any atom is -0.490 e. The Bertz CT molecular complexity index is 918. The second-order valence-electron chi connectivity index (χ2n) is 6.40. The molecule has 2 aromatic heterocycles. The average molecular weight is 369 g/mol. The lowest BCUT2D eigenvalue weighted by Gasteiger charge is -2.16. The van der Waals surface area contributed by atoms with Crippen LogP contribution in [0.5, 0.6) is 5.75 Å². The highest BCUT2D eigenvalue weighted by atomic mass is 32.1. The molecule has 2 N–H and O–H groups in total. The van der Waals surface area contributed by atoms with Crippen molar-refractivity contribution >= 4 is 27.4 Å². The molecule has 3 rings (SSSR count). The molecule has 6 heteroatoms. The molecule has 0 amide bonds. The first-order valence-corrected chi connectivity index (χ1v) is 9.33. The van der Waals surface area contributed by atoms with Gasteiger partial charge in [0, 0.05) is 11.4 Å². The number of aromatic nitrogens is 2. The standard InChI is InChI=1S/C20H24N4OS/c1-5-10-25-16-8-6-15(7-9-16)11-24(4)12-17-22-19(21)18-13(2)14(3)26-20(18)23-17/h5-9H,1,10-12H2,2-4H3,(H2,21,22,23). The fourth-order valence-electron chi connectivity index (χ4n) is 2.85. The van der Waals surface area contributed by atoms with Crippen LogP contribution in [0.3, 0.4) is 0 Å². The monoisotopic (exact) mass is 368 g/mol. The molecule has 0 aliphatic heterocycles. The number of nitrogens with two attached hydrogens (primary N) is 1. The Balaban J connectivity index is 1.68. The van der Waals surface area contributed by atoms with E-state index in [-0.39, 0.29) is 0 Å². The predicted molar refractivity (Wildman–Crippen MR) is 109 cm³/mol. The van der Waals surface area contributed by atoms with Gasteiger partial charge in [0.25, 0.3) is 0 Å². The molecule has 1 aromatic carbocycles. The first kappa shape index (κ1) is 18.4. The average Bonchev–Trinajstić information content (AvgIpc) is 2.88. The van der Waals surface area contributed by atoms with Gasteiger partial charge in [0.2, 0.25) is 0 Å². The molecule has 26 heavy (non-hydrogen) atoms. The zero-order valence-corrected chi connectivity index (χ0v) is 16.3. The van der Waals surface area contributed by atoms with Gasteiger partial charge in [-0.2, -0.15) is 0 Å². The van der Waals surface area contributed by atoms with Crippen molar-refractivity contribution < 1.29 is 4.74 Å². The Labute approximate surface area is 158 Å². The van der Waals surface area contributed by atoms with E-state index in [2.05, 4.69) is 49.5 Å². The van der Waals surface area contributed by atoms with E-state index in [4.69, 9.17) is 15.5 Å². The van der Waals surface area contributed by atoms with Crippen molar-refractivity contribution in [1.82, 2.24) is 14.9 Å². The first-order valence-electron chi connectivity index (χ1n) is 8.51. The second kappa shape index (κ2) is 7.85. The third-order valence-electron chi connectivity index (χ3n) is 4.26. The fourth-order valence-corrected chi connectivity index (χ4v) is 3.91. The minimum atomic E-state index is 0.516. The van der Waals surface area contributed by atoms with Gasteiger partial charge in [0.1, 0.15) is 28.8 Å². The van der Waals surface area contributed by atoms with Crippen molar-refractivity contribution in [1.29, 1.82) is 0 Å². The number of rotatable bonds is 7. The molecule has 0 saturated carbocycles. The Hall–Kier alpha value is -2.44. The molecule has 0 saturated heterocycles. The number of benzene rings is 1. The molecule has 0 atom stereocenters. The molecule has 0 spiro atoms. The van der Waals surface area contributed by atoms with Crippen LogP contribution >= 0.6 is 11.3 Å². The zero-order chi connectivity index (χ0) is 18.7. The molecule has 0 aliphatic rings. The van der Waals surface area contributed by atoms with E-state index in [1.807, 2.05) is 12.1 Å². The molecular formula is C20H24N4OS. The maximum absolute atomic E-state index is 6.17. The van der Waals surface area contributed by atoms with Gasteiger partial charge >= 0.3 is 0 Å². The zero-order valence-electron chi connectivity index (χ0n) is 15.5. The van der Waals surface area contributed by atoms with Gasteiger partial charge in [-0.05, 0) is 44.2 Å². The van der Waals surface area contributed by atoms with E-state index in [1.54, 1.807) is 17.4 Å². The van der Waals surface area contributed by atoms with Crippen molar-refractivity contribution in [2.45, 2.75) is 26.9 Å². The smallest absolute Gasteiger partial charge is 0.146 e. The number of hydrogen-bond acceptors (Lipinski definition) is 6. The van der Waals surface area contributed by atoms with E-state index in [1.165, 1.54) is 16.0 Å². The van der Waals surface area contributed by atoms with Crippen molar-refractivity contribution in [2.24, 2.45) is 0 Å². The summed E-state index contributed by atoms with van der Waals surface area (Å²) in [5, 5.41) is 0.994. The molecule has 3 aromatic rings. The van der Waals surface area contributed by atoms with Crippen LogP contribution in [0.4, 0.5) is 5.82 Å². The summed E-state index contributed by atoms with van der Waals surface area (Å²) in [6.07, 6.45) is 1.74. The normalized spacial score (nSPS) is 11.2. The molecule has 0 radical (unpaired) electrons. The molecule has 0 unspecified atom stereocenters. The maximum Gasteiger partial charge on any atom is 0.146 e. The van der Waals surface area contributed by atoms with Crippen LogP contribution in [0.1, 0.15) is 21.8 Å². The Morgan fingerprint density at radius 3 is 2.62 bits per heavy atom. The summed E-state index contributed by atoms with van der Waals surface area (Å²) in [6.45, 7) is 9.77. The van der Waals surface area contributed by atoms with Gasteiger partial charge in [-0.25, -0.2) is 9.97 Å². The number of thiophene rings is 1. The van der Waals surface area contributed by atoms with E-state index in [0.717, 1.165) is 28.3 Å². The molecule has 0 fully saturated rings. The van der Waals surface area contributed by atoms with Crippen LogP contribution in [0.2, 0.25) is 0 Å². The number of anilines is 1. The summed E-state index contributed by atoms with van der Waals surface area (Å²) in [5.74, 6) is 2.18. The van der Waals surface area contributed by atoms with Crippen LogP contribution in [-0.2, 0) is 13.1 Å². The summed E-state index contributed by atoms with van der Waals surface area (Å²) in [4.78, 5) is 13.6. The Morgan fingerprint density at radius 1 is 1.19 bits per heavy atom. The SMILES string of the molecule is C=CCOc1ccc(CN(C)Cc2nc(N)c3c(C)c(C)sc3n2)cc1. The van der Waals surface area contributed by atoms with Crippen LogP contribution in [0, 0.1) is 13.8 Å². The van der Waals surface area contributed by atoms with Gasteiger partial charge in [0.15, 0.2) is 0 Å².